The van der Waals surface area contributed by atoms with E-state index >= 15 is 0 Å². The Kier molecular flexibility index (Phi) is 6.43. The van der Waals surface area contributed by atoms with Crippen LogP contribution in [0, 0.1) is 0 Å². The van der Waals surface area contributed by atoms with Gasteiger partial charge in [-0.3, -0.25) is 0 Å². The van der Waals surface area contributed by atoms with E-state index in [0.717, 1.165) is 0 Å². The average molecular weight is 734 g/mol. The molecule has 13 rings (SSSR count). The van der Waals surface area contributed by atoms with Crippen molar-refractivity contribution in [2.45, 2.75) is 5.41 Å². The lowest BCUT2D eigenvalue weighted by atomic mass is 9.70. The van der Waals surface area contributed by atoms with Crippen LogP contribution in [0.15, 0.2) is 206 Å². The van der Waals surface area contributed by atoms with Crippen molar-refractivity contribution in [2.24, 2.45) is 0 Å². The quantitative estimate of drug-likeness (QED) is 0.170. The Hall–Kier alpha value is -7.48. The van der Waals surface area contributed by atoms with Gasteiger partial charge in [-0.2, -0.15) is 0 Å². The summed E-state index contributed by atoms with van der Waals surface area (Å²) < 4.78 is 2.38. The van der Waals surface area contributed by atoms with Gasteiger partial charge in [0.1, 0.15) is 0 Å². The van der Waals surface area contributed by atoms with E-state index in [4.69, 9.17) is 0 Å². The van der Waals surface area contributed by atoms with Gasteiger partial charge in [-0.05, 0) is 138 Å². The van der Waals surface area contributed by atoms with Crippen molar-refractivity contribution in [2.75, 3.05) is 0 Å². The predicted octanol–water partition coefficient (Wildman–Crippen LogP) is 14.4. The molecule has 0 unspecified atom stereocenters. The molecule has 3 aliphatic carbocycles. The summed E-state index contributed by atoms with van der Waals surface area (Å²) in [6, 6.07) is 76.8. The van der Waals surface area contributed by atoms with Crippen LogP contribution in [0.5, 0.6) is 0 Å². The van der Waals surface area contributed by atoms with E-state index in [1.54, 1.807) is 0 Å². The molecule has 1 aromatic heterocycles. The summed E-state index contributed by atoms with van der Waals surface area (Å²) in [5, 5.41) is 2.53. The normalized spacial score (nSPS) is 14.4. The zero-order chi connectivity index (χ0) is 38.0. The first-order valence-electron chi connectivity index (χ1n) is 20.3. The first-order chi connectivity index (χ1) is 28.8. The van der Waals surface area contributed by atoms with Crippen LogP contribution in [0.1, 0.15) is 38.9 Å². The van der Waals surface area contributed by atoms with Crippen LogP contribution in [-0.4, -0.2) is 4.57 Å². The Bertz CT molecular complexity index is 3330. The lowest BCUT2D eigenvalue weighted by Crippen LogP contribution is -2.25. The monoisotopic (exact) mass is 733 g/mol. The Morgan fingerprint density at radius 2 is 0.845 bits per heavy atom. The van der Waals surface area contributed by atoms with E-state index in [1.165, 1.54) is 117 Å². The molecule has 0 bridgehead atoms. The molecule has 268 valence electrons. The van der Waals surface area contributed by atoms with Crippen LogP contribution in [0.3, 0.4) is 0 Å². The van der Waals surface area contributed by atoms with Gasteiger partial charge >= 0.3 is 0 Å². The Labute approximate surface area is 337 Å². The molecule has 0 amide bonds. The third-order valence-corrected chi connectivity index (χ3v) is 13.2. The zero-order valence-corrected chi connectivity index (χ0v) is 31.7. The molecular weight excluding hydrogens is 699 g/mol. The van der Waals surface area contributed by atoms with Crippen LogP contribution in [0.4, 0.5) is 0 Å². The molecule has 58 heavy (non-hydrogen) atoms. The molecule has 3 aliphatic rings. The lowest BCUT2D eigenvalue weighted by molar-refractivity contribution is 0.793. The van der Waals surface area contributed by atoms with Gasteiger partial charge in [0.15, 0.2) is 0 Å². The third-order valence-electron chi connectivity index (χ3n) is 13.2. The Morgan fingerprint density at radius 3 is 1.57 bits per heavy atom. The van der Waals surface area contributed by atoms with Crippen molar-refractivity contribution >= 4 is 33.5 Å². The molecule has 10 aromatic rings. The summed E-state index contributed by atoms with van der Waals surface area (Å²) in [6.07, 6.45) is 2.43. The molecule has 0 saturated heterocycles. The fourth-order valence-corrected chi connectivity index (χ4v) is 10.8. The van der Waals surface area contributed by atoms with Gasteiger partial charge in [0, 0.05) is 16.5 Å². The second-order valence-electron chi connectivity index (χ2n) is 16.0. The van der Waals surface area contributed by atoms with Crippen LogP contribution in [0.25, 0.3) is 83.6 Å². The Morgan fingerprint density at radius 1 is 0.328 bits per heavy atom. The highest BCUT2D eigenvalue weighted by molar-refractivity contribution is 6.11. The third kappa shape index (κ3) is 4.15. The summed E-state index contributed by atoms with van der Waals surface area (Å²) in [4.78, 5) is 0. The first kappa shape index (κ1) is 31.7. The summed E-state index contributed by atoms with van der Waals surface area (Å²) in [6.45, 7) is 0. The molecule has 0 fully saturated rings. The molecule has 0 N–H and O–H groups in total. The van der Waals surface area contributed by atoms with E-state index < -0.39 is 0 Å². The van der Waals surface area contributed by atoms with E-state index in [1.807, 2.05) is 0 Å². The van der Waals surface area contributed by atoms with Crippen LogP contribution >= 0.6 is 0 Å². The fraction of sp³-hybridized carbons (Fsp3) is 0.0175. The standard InChI is InChI=1S/C57H35N/c1-2-14-39(15-3-1)58-55-25-13-9-21-47(55)50-35-38(28-31-56(50)58)37-27-30-42-48(40-16-4-5-17-41(40)49(42)34-37)32-36-26-29-46-45-20-8-12-24-53(45)57(54(46)33-36)51-22-10-6-18-43(51)44-19-7-11-23-52(44)57/h1-35H. The highest BCUT2D eigenvalue weighted by Crippen LogP contribution is 2.63. The number of para-hydroxylation sites is 2. The largest absolute Gasteiger partial charge is 0.309 e. The van der Waals surface area contributed by atoms with E-state index in [-0.39, 0.29) is 5.41 Å². The molecule has 1 heterocycles. The molecule has 9 aromatic carbocycles. The number of aromatic nitrogens is 1. The van der Waals surface area contributed by atoms with Crippen molar-refractivity contribution in [1.29, 1.82) is 0 Å². The van der Waals surface area contributed by atoms with Gasteiger partial charge < -0.3 is 4.57 Å². The minimum Gasteiger partial charge on any atom is -0.309 e. The van der Waals surface area contributed by atoms with Crippen LogP contribution in [-0.2, 0) is 5.41 Å². The summed E-state index contributed by atoms with van der Waals surface area (Å²) in [5.74, 6) is 0. The molecule has 0 aliphatic heterocycles. The minimum absolute atomic E-state index is 0.359. The summed E-state index contributed by atoms with van der Waals surface area (Å²) in [5.41, 5.74) is 24.1. The molecular formula is C57H35N. The van der Waals surface area contributed by atoms with E-state index in [9.17, 15) is 0 Å². The molecule has 0 atom stereocenters. The van der Waals surface area contributed by atoms with Gasteiger partial charge in [-0.15, -0.1) is 0 Å². The van der Waals surface area contributed by atoms with E-state index in [2.05, 4.69) is 217 Å². The Balaban J connectivity index is 0.964. The van der Waals surface area contributed by atoms with Gasteiger partial charge in [0.25, 0.3) is 0 Å². The smallest absolute Gasteiger partial charge is 0.0725 e. The number of fused-ring (bicyclic) bond motifs is 16. The molecule has 0 radical (unpaired) electrons. The van der Waals surface area contributed by atoms with Gasteiger partial charge in [0.05, 0.1) is 16.4 Å². The maximum Gasteiger partial charge on any atom is 0.0725 e. The topological polar surface area (TPSA) is 4.93 Å². The van der Waals surface area contributed by atoms with Crippen molar-refractivity contribution in [3.8, 4) is 50.2 Å². The molecule has 0 saturated carbocycles. The summed E-state index contributed by atoms with van der Waals surface area (Å²) >= 11 is 0. The highest BCUT2D eigenvalue weighted by atomic mass is 15.0. The SMILES string of the molecule is C(=C1c2ccccc2-c2cc(-c3ccc4c(c3)c3ccccc3n4-c3ccccc3)ccc21)c1ccc2c(c1)C1(c3ccccc3-c3ccccc31)c1ccccc1-2. The average Bonchev–Trinajstić information content (AvgIpc) is 3.98. The van der Waals surface area contributed by atoms with Crippen LogP contribution < -0.4 is 0 Å². The zero-order valence-electron chi connectivity index (χ0n) is 31.7. The lowest BCUT2D eigenvalue weighted by Gasteiger charge is -2.30. The van der Waals surface area contributed by atoms with Gasteiger partial charge in [0.2, 0.25) is 0 Å². The number of rotatable bonds is 3. The van der Waals surface area contributed by atoms with Crippen molar-refractivity contribution in [3.05, 3.63) is 245 Å². The van der Waals surface area contributed by atoms with Crippen molar-refractivity contribution in [1.82, 2.24) is 4.57 Å². The van der Waals surface area contributed by atoms with Gasteiger partial charge in [-0.1, -0.05) is 164 Å². The van der Waals surface area contributed by atoms with Crippen LogP contribution in [0.2, 0.25) is 0 Å². The number of hydrogen-bond acceptors (Lipinski definition) is 0. The molecule has 1 nitrogen and oxygen atoms in total. The number of hydrogen-bond donors (Lipinski definition) is 0. The minimum atomic E-state index is -0.359. The molecule has 1 spiro atoms. The van der Waals surface area contributed by atoms with E-state index in [0.29, 0.717) is 0 Å². The maximum absolute atomic E-state index is 2.48. The highest BCUT2D eigenvalue weighted by Gasteiger charge is 2.51. The second-order valence-corrected chi connectivity index (χ2v) is 16.0. The maximum atomic E-state index is 2.48. The molecule has 1 heteroatoms. The number of benzene rings is 9. The fourth-order valence-electron chi connectivity index (χ4n) is 10.8. The van der Waals surface area contributed by atoms with Gasteiger partial charge in [-0.25, -0.2) is 0 Å². The summed E-state index contributed by atoms with van der Waals surface area (Å²) in [7, 11) is 0. The first-order valence-corrected chi connectivity index (χ1v) is 20.3. The number of nitrogens with zero attached hydrogens (tertiary/aromatic N) is 1. The second kappa shape index (κ2) is 11.8. The van der Waals surface area contributed by atoms with Crippen molar-refractivity contribution in [3.63, 3.8) is 0 Å². The predicted molar refractivity (Wildman–Crippen MR) is 241 cm³/mol. The van der Waals surface area contributed by atoms with Crippen molar-refractivity contribution < 1.29 is 0 Å².